The fraction of sp³-hybridized carbons (Fsp3) is 0.467. The Balaban J connectivity index is 0.00000208. The molecule has 5 nitrogen and oxygen atoms in total. The molecule has 3 rings (SSSR count). The van der Waals surface area contributed by atoms with Crippen LogP contribution in [0.1, 0.15) is 12.8 Å². The van der Waals surface area contributed by atoms with Gasteiger partial charge in [-0.2, -0.15) is 0 Å². The molecule has 2 heterocycles. The zero-order valence-corrected chi connectivity index (χ0v) is 16.4. The Hall–Kier alpha value is -0.410. The predicted octanol–water partition coefficient (Wildman–Crippen LogP) is 3.02. The lowest BCUT2D eigenvalue weighted by molar-refractivity contribution is 0.122. The average Bonchev–Trinajstić information content (AvgIpc) is 3.13. The fourth-order valence-electron chi connectivity index (χ4n) is 2.90. The van der Waals surface area contributed by atoms with E-state index >= 15 is 0 Å². The number of sulfonamides is 1. The molecule has 24 heavy (non-hydrogen) atoms. The summed E-state index contributed by atoms with van der Waals surface area (Å²) in [6.45, 7) is 1.68. The maximum absolute atomic E-state index is 12.6. The van der Waals surface area contributed by atoms with Crippen molar-refractivity contribution in [3.63, 3.8) is 0 Å². The Morgan fingerprint density at radius 2 is 2.21 bits per heavy atom. The number of hydrogen-bond acceptors (Lipinski definition) is 5. The molecular formula is C15H20Cl2N2O3S2. The van der Waals surface area contributed by atoms with Gasteiger partial charge in [-0.1, -0.05) is 11.6 Å². The van der Waals surface area contributed by atoms with Gasteiger partial charge in [0.1, 0.15) is 4.21 Å². The van der Waals surface area contributed by atoms with Crippen LogP contribution in [0, 0.1) is 0 Å². The summed E-state index contributed by atoms with van der Waals surface area (Å²) in [4.78, 5) is 0. The van der Waals surface area contributed by atoms with Crippen molar-refractivity contribution in [3.05, 3.63) is 29.3 Å². The van der Waals surface area contributed by atoms with Gasteiger partial charge < -0.3 is 10.1 Å². The number of halogens is 2. The lowest BCUT2D eigenvalue weighted by Gasteiger charge is -2.28. The zero-order valence-electron chi connectivity index (χ0n) is 13.2. The summed E-state index contributed by atoms with van der Waals surface area (Å²) in [5.74, 6) is 0. The van der Waals surface area contributed by atoms with Gasteiger partial charge in [-0.25, -0.2) is 13.1 Å². The van der Waals surface area contributed by atoms with Gasteiger partial charge in [-0.05, 0) is 49.0 Å². The van der Waals surface area contributed by atoms with E-state index in [0.717, 1.165) is 29.5 Å². The van der Waals surface area contributed by atoms with Crippen molar-refractivity contribution < 1.29 is 13.2 Å². The molecule has 1 aliphatic rings. The number of fused-ring (bicyclic) bond motifs is 1. The second-order valence-electron chi connectivity index (χ2n) is 5.82. The van der Waals surface area contributed by atoms with E-state index in [1.54, 1.807) is 25.3 Å². The normalized spacial score (nSPS) is 21.1. The molecule has 1 atom stereocenters. The van der Waals surface area contributed by atoms with Gasteiger partial charge in [0, 0.05) is 23.4 Å². The molecule has 1 saturated heterocycles. The van der Waals surface area contributed by atoms with Gasteiger partial charge in [-0.15, -0.1) is 23.7 Å². The monoisotopic (exact) mass is 410 g/mol. The van der Waals surface area contributed by atoms with Crippen LogP contribution in [-0.2, 0) is 14.8 Å². The predicted molar refractivity (Wildman–Crippen MR) is 101 cm³/mol. The first kappa shape index (κ1) is 19.9. The van der Waals surface area contributed by atoms with Crippen LogP contribution in [-0.4, -0.2) is 40.8 Å². The highest BCUT2D eigenvalue weighted by molar-refractivity contribution is 7.91. The molecule has 1 aromatic heterocycles. The Bertz CT molecular complexity index is 802. The molecule has 0 spiro atoms. The third-order valence-electron chi connectivity index (χ3n) is 4.07. The Morgan fingerprint density at radius 1 is 1.42 bits per heavy atom. The number of rotatable bonds is 6. The first-order chi connectivity index (χ1) is 10.9. The van der Waals surface area contributed by atoms with Crippen LogP contribution in [0.2, 0.25) is 5.02 Å². The van der Waals surface area contributed by atoms with Crippen molar-refractivity contribution in [1.82, 2.24) is 10.0 Å². The number of thiophene rings is 1. The molecule has 0 bridgehead atoms. The highest BCUT2D eigenvalue weighted by Gasteiger charge is 2.35. The Kier molecular flexibility index (Phi) is 6.52. The summed E-state index contributed by atoms with van der Waals surface area (Å²) in [6, 6.07) is 7.04. The highest BCUT2D eigenvalue weighted by atomic mass is 35.5. The van der Waals surface area contributed by atoms with Crippen LogP contribution in [0.3, 0.4) is 0 Å². The summed E-state index contributed by atoms with van der Waals surface area (Å²) >= 11 is 7.21. The van der Waals surface area contributed by atoms with Crippen LogP contribution >= 0.6 is 35.3 Å². The van der Waals surface area contributed by atoms with Crippen molar-refractivity contribution >= 4 is 55.5 Å². The van der Waals surface area contributed by atoms with E-state index in [2.05, 4.69) is 10.0 Å². The van der Waals surface area contributed by atoms with Crippen LogP contribution in [0.5, 0.6) is 0 Å². The van der Waals surface area contributed by atoms with Crippen LogP contribution in [0.4, 0.5) is 0 Å². The zero-order chi connectivity index (χ0) is 16.5. The topological polar surface area (TPSA) is 67.4 Å². The number of hydrogen-bond donors (Lipinski definition) is 2. The molecule has 0 aliphatic carbocycles. The number of ether oxygens (including phenoxy) is 1. The van der Waals surface area contributed by atoms with Crippen molar-refractivity contribution in [2.45, 2.75) is 22.6 Å². The van der Waals surface area contributed by atoms with Gasteiger partial charge in [0.2, 0.25) is 10.0 Å². The van der Waals surface area contributed by atoms with Gasteiger partial charge in [0.15, 0.2) is 0 Å². The lowest BCUT2D eigenvalue weighted by atomic mass is 9.99. The molecule has 1 aromatic carbocycles. The van der Waals surface area contributed by atoms with E-state index in [1.807, 2.05) is 6.07 Å². The SMILES string of the molecule is COCC1(CNS(=O)(=O)c2cc3cc(Cl)ccc3s2)CCCN1.Cl. The number of benzene rings is 1. The second-order valence-corrected chi connectivity index (χ2v) is 9.33. The maximum atomic E-state index is 12.6. The van der Waals surface area contributed by atoms with E-state index in [-0.39, 0.29) is 17.9 Å². The van der Waals surface area contributed by atoms with Gasteiger partial charge in [-0.3, -0.25) is 0 Å². The molecule has 9 heteroatoms. The van der Waals surface area contributed by atoms with Gasteiger partial charge in [0.05, 0.1) is 12.1 Å². The maximum Gasteiger partial charge on any atom is 0.250 e. The third kappa shape index (κ3) is 4.22. The van der Waals surface area contributed by atoms with Gasteiger partial charge in [0.25, 0.3) is 0 Å². The van der Waals surface area contributed by atoms with E-state index in [0.29, 0.717) is 22.4 Å². The fourth-order valence-corrected chi connectivity index (χ4v) is 5.63. The molecule has 134 valence electrons. The standard InChI is InChI=1S/C15H19ClN2O3S2.ClH/c1-21-10-15(5-2-6-17-15)9-18-23(19,20)14-8-11-7-12(16)3-4-13(11)22-14;/h3-4,7-8,17-18H,2,5-6,9-10H2,1H3;1H. The van der Waals surface area contributed by atoms with Crippen molar-refractivity contribution in [3.8, 4) is 0 Å². The second kappa shape index (κ2) is 7.86. The van der Waals surface area contributed by atoms with E-state index in [4.69, 9.17) is 16.3 Å². The summed E-state index contributed by atoms with van der Waals surface area (Å²) in [5, 5.41) is 4.80. The smallest absolute Gasteiger partial charge is 0.250 e. The minimum atomic E-state index is -3.55. The average molecular weight is 411 g/mol. The number of nitrogens with one attached hydrogen (secondary N) is 2. The first-order valence-electron chi connectivity index (χ1n) is 7.37. The number of methoxy groups -OCH3 is 1. The molecule has 0 radical (unpaired) electrons. The highest BCUT2D eigenvalue weighted by Crippen LogP contribution is 2.31. The first-order valence-corrected chi connectivity index (χ1v) is 10.0. The molecular weight excluding hydrogens is 391 g/mol. The van der Waals surface area contributed by atoms with Crippen LogP contribution < -0.4 is 10.0 Å². The van der Waals surface area contributed by atoms with E-state index < -0.39 is 10.0 Å². The molecule has 2 aromatic rings. The summed E-state index contributed by atoms with van der Waals surface area (Å²) in [5.41, 5.74) is -0.318. The minimum Gasteiger partial charge on any atom is -0.383 e. The van der Waals surface area contributed by atoms with Crippen molar-refractivity contribution in [1.29, 1.82) is 0 Å². The minimum absolute atomic E-state index is 0. The largest absolute Gasteiger partial charge is 0.383 e. The van der Waals surface area contributed by atoms with Crippen molar-refractivity contribution in [2.24, 2.45) is 0 Å². The molecule has 1 aliphatic heterocycles. The van der Waals surface area contributed by atoms with Gasteiger partial charge >= 0.3 is 0 Å². The summed E-state index contributed by atoms with van der Waals surface area (Å²) in [6.07, 6.45) is 1.91. The lowest BCUT2D eigenvalue weighted by Crippen LogP contribution is -2.52. The molecule has 1 fully saturated rings. The Morgan fingerprint density at radius 3 is 2.88 bits per heavy atom. The molecule has 1 unspecified atom stereocenters. The molecule has 2 N–H and O–H groups in total. The van der Waals surface area contributed by atoms with E-state index in [9.17, 15) is 8.42 Å². The van der Waals surface area contributed by atoms with Crippen molar-refractivity contribution in [2.75, 3.05) is 26.8 Å². The summed E-state index contributed by atoms with van der Waals surface area (Å²) < 4.78 is 34.4. The Labute approximate surface area is 157 Å². The molecule has 0 saturated carbocycles. The third-order valence-corrected chi connectivity index (χ3v) is 7.30. The van der Waals surface area contributed by atoms with E-state index in [1.165, 1.54) is 11.3 Å². The van der Waals surface area contributed by atoms with Crippen LogP contribution in [0.15, 0.2) is 28.5 Å². The molecule has 0 amide bonds. The quantitative estimate of drug-likeness (QED) is 0.767. The summed E-state index contributed by atoms with van der Waals surface area (Å²) in [7, 11) is -1.92. The van der Waals surface area contributed by atoms with Crippen LogP contribution in [0.25, 0.3) is 10.1 Å².